The minimum atomic E-state index is -0.798. The second-order valence-corrected chi connectivity index (χ2v) is 12.0. The standard InChI is InChI=1S/C31H51BrN4O9/c1-22(2)27(29(39)34-23(3)28(38)35-25-9-7-24(21-32)8-10-25)36-26(37)11-13-41-15-17-43-19-20-44-18-16-42-14-12-33-30(40)45-31(4,5)6/h7-10,22-23,27H,11-21H2,1-6H3,(H,33,40)(H,34,39)(H,35,38)(H,36,37)/t23-,27-/m0/s1. The van der Waals surface area contributed by atoms with Crippen LogP contribution in [0, 0.1) is 5.92 Å². The van der Waals surface area contributed by atoms with Gasteiger partial charge < -0.3 is 45.0 Å². The van der Waals surface area contributed by atoms with Gasteiger partial charge in [0.25, 0.3) is 0 Å². The molecule has 0 aromatic heterocycles. The molecule has 0 aliphatic heterocycles. The predicted octanol–water partition coefficient (Wildman–Crippen LogP) is 3.15. The molecule has 0 fully saturated rings. The van der Waals surface area contributed by atoms with Crippen LogP contribution in [0.15, 0.2) is 24.3 Å². The molecule has 0 saturated carbocycles. The van der Waals surface area contributed by atoms with E-state index in [9.17, 15) is 19.2 Å². The van der Waals surface area contributed by atoms with Crippen LogP contribution in [0.4, 0.5) is 10.5 Å². The van der Waals surface area contributed by atoms with Crippen molar-refractivity contribution in [3.05, 3.63) is 29.8 Å². The smallest absolute Gasteiger partial charge is 0.407 e. The Morgan fingerprint density at radius 2 is 1.29 bits per heavy atom. The van der Waals surface area contributed by atoms with Crippen LogP contribution in [-0.2, 0) is 43.4 Å². The number of hydrogen-bond acceptors (Lipinski definition) is 9. The molecule has 256 valence electrons. The van der Waals surface area contributed by atoms with Gasteiger partial charge in [0.1, 0.15) is 17.7 Å². The zero-order valence-electron chi connectivity index (χ0n) is 27.4. The lowest BCUT2D eigenvalue weighted by atomic mass is 10.0. The van der Waals surface area contributed by atoms with Crippen molar-refractivity contribution in [1.82, 2.24) is 16.0 Å². The second-order valence-electron chi connectivity index (χ2n) is 11.5. The molecule has 4 amide bonds. The fourth-order valence-corrected chi connectivity index (χ4v) is 3.92. The summed E-state index contributed by atoms with van der Waals surface area (Å²) in [5.74, 6) is -1.31. The minimum absolute atomic E-state index is 0.0767. The van der Waals surface area contributed by atoms with E-state index in [-0.39, 0.29) is 30.8 Å². The Kier molecular flexibility index (Phi) is 20.3. The van der Waals surface area contributed by atoms with E-state index in [1.807, 2.05) is 26.0 Å². The number of carbonyl (C=O) groups is 4. The molecule has 1 rings (SSSR count). The van der Waals surface area contributed by atoms with Crippen molar-refractivity contribution in [2.24, 2.45) is 5.92 Å². The number of nitrogens with one attached hydrogen (secondary N) is 4. The van der Waals surface area contributed by atoms with Gasteiger partial charge in [-0.25, -0.2) is 4.79 Å². The first-order valence-electron chi connectivity index (χ1n) is 15.2. The molecular formula is C31H51BrN4O9. The van der Waals surface area contributed by atoms with Gasteiger partial charge in [-0.1, -0.05) is 41.9 Å². The number of anilines is 1. The number of rotatable bonds is 22. The fraction of sp³-hybridized carbons (Fsp3) is 0.677. The summed E-state index contributed by atoms with van der Waals surface area (Å²) in [6.45, 7) is 13.7. The van der Waals surface area contributed by atoms with E-state index < -0.39 is 29.7 Å². The molecule has 4 N–H and O–H groups in total. The van der Waals surface area contributed by atoms with Crippen molar-refractivity contribution in [2.45, 2.75) is 71.0 Å². The molecule has 0 aliphatic rings. The quantitative estimate of drug-likeness (QED) is 0.105. The zero-order valence-corrected chi connectivity index (χ0v) is 29.0. The summed E-state index contributed by atoms with van der Waals surface area (Å²) >= 11 is 3.38. The Labute approximate surface area is 275 Å². The minimum Gasteiger partial charge on any atom is -0.444 e. The Bertz CT molecular complexity index is 1020. The molecule has 0 saturated heterocycles. The van der Waals surface area contributed by atoms with Crippen LogP contribution >= 0.6 is 15.9 Å². The number of alkyl halides is 1. The fourth-order valence-electron chi connectivity index (χ4n) is 3.54. The highest BCUT2D eigenvalue weighted by Crippen LogP contribution is 2.12. The number of benzene rings is 1. The lowest BCUT2D eigenvalue weighted by Gasteiger charge is -2.24. The average Bonchev–Trinajstić information content (AvgIpc) is 2.97. The van der Waals surface area contributed by atoms with Crippen LogP contribution in [0.25, 0.3) is 0 Å². The van der Waals surface area contributed by atoms with Crippen LogP contribution < -0.4 is 21.3 Å². The monoisotopic (exact) mass is 702 g/mol. The molecule has 45 heavy (non-hydrogen) atoms. The van der Waals surface area contributed by atoms with Crippen molar-refractivity contribution in [2.75, 3.05) is 64.7 Å². The van der Waals surface area contributed by atoms with Crippen LogP contribution in [0.3, 0.4) is 0 Å². The summed E-state index contributed by atoms with van der Waals surface area (Å²) < 4.78 is 26.8. The van der Waals surface area contributed by atoms with Gasteiger partial charge >= 0.3 is 6.09 Å². The van der Waals surface area contributed by atoms with Gasteiger partial charge in [0.05, 0.1) is 52.9 Å². The van der Waals surface area contributed by atoms with Gasteiger partial charge in [0.15, 0.2) is 0 Å². The Balaban J connectivity index is 2.11. The molecular weight excluding hydrogens is 652 g/mol. The number of halogens is 1. The summed E-state index contributed by atoms with van der Waals surface area (Å²) in [7, 11) is 0. The molecule has 1 aromatic carbocycles. The molecule has 0 heterocycles. The van der Waals surface area contributed by atoms with E-state index in [0.717, 1.165) is 5.56 Å². The Hall–Kier alpha value is -2.78. The van der Waals surface area contributed by atoms with Gasteiger partial charge in [-0.2, -0.15) is 0 Å². The van der Waals surface area contributed by atoms with E-state index in [1.54, 1.807) is 39.8 Å². The first-order valence-corrected chi connectivity index (χ1v) is 16.3. The van der Waals surface area contributed by atoms with Crippen LogP contribution in [-0.4, -0.2) is 101 Å². The van der Waals surface area contributed by atoms with Crippen LogP contribution in [0.1, 0.15) is 53.5 Å². The van der Waals surface area contributed by atoms with Crippen molar-refractivity contribution >= 4 is 45.4 Å². The molecule has 0 radical (unpaired) electrons. The molecule has 1 aromatic rings. The third-order valence-corrected chi connectivity index (χ3v) is 6.55. The molecule has 0 spiro atoms. The highest BCUT2D eigenvalue weighted by atomic mass is 79.9. The third kappa shape index (κ3) is 20.1. The number of amides is 4. The zero-order chi connectivity index (χ0) is 33.7. The molecule has 2 atom stereocenters. The van der Waals surface area contributed by atoms with Crippen molar-refractivity contribution in [3.8, 4) is 0 Å². The number of ether oxygens (including phenoxy) is 5. The van der Waals surface area contributed by atoms with Crippen molar-refractivity contribution in [3.63, 3.8) is 0 Å². The third-order valence-electron chi connectivity index (χ3n) is 5.90. The first kappa shape index (κ1) is 40.2. The summed E-state index contributed by atoms with van der Waals surface area (Å²) in [5.41, 5.74) is 1.17. The van der Waals surface area contributed by atoms with E-state index in [2.05, 4.69) is 37.2 Å². The van der Waals surface area contributed by atoms with Gasteiger partial charge in [0.2, 0.25) is 17.7 Å². The van der Waals surface area contributed by atoms with Crippen molar-refractivity contribution < 1.29 is 42.9 Å². The van der Waals surface area contributed by atoms with Crippen molar-refractivity contribution in [1.29, 1.82) is 0 Å². The Morgan fingerprint density at radius 1 is 0.756 bits per heavy atom. The number of hydrogen-bond donors (Lipinski definition) is 4. The lowest BCUT2D eigenvalue weighted by Crippen LogP contribution is -2.53. The van der Waals surface area contributed by atoms with E-state index in [0.29, 0.717) is 63.8 Å². The first-order chi connectivity index (χ1) is 21.3. The summed E-state index contributed by atoms with van der Waals surface area (Å²) in [5, 5.41) is 11.5. The normalized spacial score (nSPS) is 12.7. The summed E-state index contributed by atoms with van der Waals surface area (Å²) in [6, 6.07) is 5.77. The maximum absolute atomic E-state index is 12.8. The molecule has 0 bridgehead atoms. The SMILES string of the molecule is CC(C)[C@H](NC(=O)CCOCCOCCOCCOCCNC(=O)OC(C)(C)C)C(=O)N[C@@H](C)C(=O)Nc1ccc(CBr)cc1. The largest absolute Gasteiger partial charge is 0.444 e. The van der Waals surface area contributed by atoms with Crippen LogP contribution in [0.2, 0.25) is 0 Å². The highest BCUT2D eigenvalue weighted by Gasteiger charge is 2.27. The van der Waals surface area contributed by atoms with Crippen LogP contribution in [0.5, 0.6) is 0 Å². The van der Waals surface area contributed by atoms with Gasteiger partial charge in [-0.05, 0) is 51.3 Å². The maximum atomic E-state index is 12.8. The lowest BCUT2D eigenvalue weighted by molar-refractivity contribution is -0.132. The molecule has 0 unspecified atom stereocenters. The molecule has 14 heteroatoms. The van der Waals surface area contributed by atoms with Gasteiger partial charge in [-0.15, -0.1) is 0 Å². The second kappa shape index (κ2) is 22.7. The van der Waals surface area contributed by atoms with E-state index >= 15 is 0 Å². The topological polar surface area (TPSA) is 163 Å². The Morgan fingerprint density at radius 3 is 1.80 bits per heavy atom. The predicted molar refractivity (Wildman–Crippen MR) is 174 cm³/mol. The average molecular weight is 704 g/mol. The van der Waals surface area contributed by atoms with Gasteiger partial charge in [0, 0.05) is 24.0 Å². The van der Waals surface area contributed by atoms with E-state index in [4.69, 9.17) is 23.7 Å². The van der Waals surface area contributed by atoms with E-state index in [1.165, 1.54) is 0 Å². The number of carbonyl (C=O) groups excluding carboxylic acids is 4. The maximum Gasteiger partial charge on any atom is 0.407 e. The summed E-state index contributed by atoms with van der Waals surface area (Å²) in [4.78, 5) is 49.3. The molecule has 0 aliphatic carbocycles. The molecule has 13 nitrogen and oxygen atoms in total. The number of alkyl carbamates (subject to hydrolysis) is 1. The highest BCUT2D eigenvalue weighted by molar-refractivity contribution is 9.08. The van der Waals surface area contributed by atoms with Gasteiger partial charge in [-0.3, -0.25) is 14.4 Å². The summed E-state index contributed by atoms with van der Waals surface area (Å²) in [6.07, 6.45) is -0.401.